The van der Waals surface area contributed by atoms with Crippen LogP contribution in [-0.4, -0.2) is 40.5 Å². The van der Waals surface area contributed by atoms with Crippen LogP contribution >= 0.6 is 0 Å². The molecule has 0 aliphatic heterocycles. The van der Waals surface area contributed by atoms with Crippen LogP contribution in [0.2, 0.25) is 0 Å². The Bertz CT molecular complexity index is 1140. The van der Waals surface area contributed by atoms with Gasteiger partial charge in [0.25, 0.3) is 0 Å². The number of nitrogens with zero attached hydrogens (tertiary/aromatic N) is 1. The monoisotopic (exact) mass is 535 g/mol. The summed E-state index contributed by atoms with van der Waals surface area (Å²) >= 11 is 0. The maximum absolute atomic E-state index is 14.5. The Labute approximate surface area is 233 Å². The van der Waals surface area contributed by atoms with Crippen molar-refractivity contribution in [2.75, 3.05) is 0 Å². The zero-order valence-corrected chi connectivity index (χ0v) is 24.7. The van der Waals surface area contributed by atoms with Crippen LogP contribution in [0.5, 0.6) is 0 Å². The van der Waals surface area contributed by atoms with Gasteiger partial charge in [0.1, 0.15) is 17.7 Å². The van der Waals surface area contributed by atoms with Crippen LogP contribution in [0.3, 0.4) is 0 Å². The van der Waals surface area contributed by atoms with E-state index in [2.05, 4.69) is 17.6 Å². The molecule has 1 saturated carbocycles. The number of carbonyl (C=O) groups is 3. The molecule has 5 atom stereocenters. The van der Waals surface area contributed by atoms with E-state index in [1.165, 1.54) is 0 Å². The number of alkyl carbamates (subject to hydrolysis) is 1. The van der Waals surface area contributed by atoms with E-state index >= 15 is 0 Å². The van der Waals surface area contributed by atoms with Crippen molar-refractivity contribution in [3.8, 4) is 0 Å². The highest BCUT2D eigenvalue weighted by atomic mass is 16.6. The first-order valence-corrected chi connectivity index (χ1v) is 14.0. The number of ether oxygens (including phenoxy) is 1. The van der Waals surface area contributed by atoms with Crippen molar-refractivity contribution in [2.45, 2.75) is 98.5 Å². The predicted molar refractivity (Wildman–Crippen MR) is 154 cm³/mol. The topological polar surface area (TPSA) is 87.7 Å². The highest BCUT2D eigenvalue weighted by molar-refractivity contribution is 5.93. The molecule has 7 nitrogen and oxygen atoms in total. The van der Waals surface area contributed by atoms with Crippen LogP contribution in [0.4, 0.5) is 4.79 Å². The van der Waals surface area contributed by atoms with Gasteiger partial charge in [0, 0.05) is 12.6 Å². The summed E-state index contributed by atoms with van der Waals surface area (Å²) in [7, 11) is 0. The molecule has 2 aromatic carbocycles. The van der Waals surface area contributed by atoms with Crippen molar-refractivity contribution >= 4 is 17.9 Å². The number of hydrogen-bond acceptors (Lipinski definition) is 4. The third-order valence-corrected chi connectivity index (χ3v) is 7.48. The van der Waals surface area contributed by atoms with E-state index in [1.54, 1.807) is 25.7 Å². The molecule has 0 aromatic heterocycles. The highest BCUT2D eigenvalue weighted by Gasteiger charge is 2.49. The fraction of sp³-hybridized carbons (Fsp3) is 0.531. The fourth-order valence-electron chi connectivity index (χ4n) is 4.99. The number of benzene rings is 2. The molecule has 1 aliphatic carbocycles. The maximum atomic E-state index is 14.5. The molecule has 5 unspecified atom stereocenters. The second-order valence-corrected chi connectivity index (χ2v) is 11.9. The van der Waals surface area contributed by atoms with Crippen LogP contribution in [0.25, 0.3) is 0 Å². The minimum absolute atomic E-state index is 0.101. The molecular formula is C32H45N3O4. The van der Waals surface area contributed by atoms with E-state index in [-0.39, 0.29) is 29.7 Å². The summed E-state index contributed by atoms with van der Waals surface area (Å²) in [6, 6.07) is 13.9. The lowest BCUT2D eigenvalue weighted by Crippen LogP contribution is -2.56. The quantitative estimate of drug-likeness (QED) is 0.400. The lowest BCUT2D eigenvalue weighted by atomic mass is 9.91. The van der Waals surface area contributed by atoms with Gasteiger partial charge in [-0.1, -0.05) is 75.7 Å². The third-order valence-electron chi connectivity index (χ3n) is 7.48. The maximum Gasteiger partial charge on any atom is 0.408 e. The minimum atomic E-state index is -0.829. The lowest BCUT2D eigenvalue weighted by Gasteiger charge is -2.37. The molecule has 0 heterocycles. The SMILES string of the molecule is CCC(C)C(NC(=O)OC(C)(C)C)C(=O)N(C(C(=O)NCc1ccccc1)c1c(C)cccc1C)C1CC1C. The van der Waals surface area contributed by atoms with Crippen molar-refractivity contribution in [3.63, 3.8) is 0 Å². The Morgan fingerprint density at radius 1 is 1.03 bits per heavy atom. The lowest BCUT2D eigenvalue weighted by molar-refractivity contribution is -0.144. The average Bonchev–Trinajstić information content (AvgIpc) is 3.59. The van der Waals surface area contributed by atoms with E-state index < -0.39 is 23.8 Å². The van der Waals surface area contributed by atoms with Gasteiger partial charge in [-0.3, -0.25) is 9.59 Å². The number of nitrogens with one attached hydrogen (secondary N) is 2. The first kappa shape index (κ1) is 30.2. The molecule has 3 amide bonds. The van der Waals surface area contributed by atoms with Gasteiger partial charge in [0.15, 0.2) is 0 Å². The van der Waals surface area contributed by atoms with Gasteiger partial charge >= 0.3 is 6.09 Å². The zero-order valence-electron chi connectivity index (χ0n) is 24.7. The normalized spacial score (nSPS) is 18.9. The van der Waals surface area contributed by atoms with E-state index in [4.69, 9.17) is 4.74 Å². The van der Waals surface area contributed by atoms with Gasteiger partial charge in [0.05, 0.1) is 0 Å². The summed E-state index contributed by atoms with van der Waals surface area (Å²) in [4.78, 5) is 43.1. The smallest absolute Gasteiger partial charge is 0.408 e. The van der Waals surface area contributed by atoms with Gasteiger partial charge in [-0.2, -0.15) is 0 Å². The fourth-order valence-corrected chi connectivity index (χ4v) is 4.99. The summed E-state index contributed by atoms with van der Waals surface area (Å²) in [5, 5.41) is 5.94. The van der Waals surface area contributed by atoms with Crippen molar-refractivity contribution in [2.24, 2.45) is 11.8 Å². The van der Waals surface area contributed by atoms with Crippen molar-refractivity contribution in [1.29, 1.82) is 0 Å². The van der Waals surface area contributed by atoms with Crippen LogP contribution in [-0.2, 0) is 20.9 Å². The van der Waals surface area contributed by atoms with Gasteiger partial charge < -0.3 is 20.3 Å². The number of rotatable bonds is 10. The molecule has 2 N–H and O–H groups in total. The van der Waals surface area contributed by atoms with E-state index in [0.717, 1.165) is 28.7 Å². The summed E-state index contributed by atoms with van der Waals surface area (Å²) in [5.74, 6) is -0.398. The molecule has 1 aliphatic rings. The van der Waals surface area contributed by atoms with Crippen molar-refractivity contribution < 1.29 is 19.1 Å². The summed E-state index contributed by atoms with van der Waals surface area (Å²) < 4.78 is 5.51. The average molecular weight is 536 g/mol. The molecule has 0 saturated heterocycles. The molecule has 2 aromatic rings. The molecule has 39 heavy (non-hydrogen) atoms. The second kappa shape index (κ2) is 12.7. The molecule has 1 fully saturated rings. The van der Waals surface area contributed by atoms with E-state index in [0.29, 0.717) is 13.0 Å². The Balaban J connectivity index is 2.04. The second-order valence-electron chi connectivity index (χ2n) is 11.9. The molecule has 7 heteroatoms. The van der Waals surface area contributed by atoms with Gasteiger partial charge in [-0.05, 0) is 75.1 Å². The summed E-state index contributed by atoms with van der Waals surface area (Å²) in [6.45, 7) is 15.7. The third kappa shape index (κ3) is 7.84. The Morgan fingerprint density at radius 3 is 2.13 bits per heavy atom. The molecular weight excluding hydrogens is 490 g/mol. The Hall–Kier alpha value is -3.35. The molecule has 3 rings (SSSR count). The Kier molecular flexibility index (Phi) is 9.81. The molecule has 212 valence electrons. The van der Waals surface area contributed by atoms with Crippen molar-refractivity contribution in [3.05, 3.63) is 70.8 Å². The number of carbonyl (C=O) groups excluding carboxylic acids is 3. The zero-order chi connectivity index (χ0) is 28.9. The van der Waals surface area contributed by atoms with Gasteiger partial charge in [0.2, 0.25) is 11.8 Å². The largest absolute Gasteiger partial charge is 0.444 e. The number of hydrogen-bond donors (Lipinski definition) is 2. The molecule has 0 bridgehead atoms. The van der Waals surface area contributed by atoms with Gasteiger partial charge in [-0.15, -0.1) is 0 Å². The predicted octanol–water partition coefficient (Wildman–Crippen LogP) is 5.84. The van der Waals surface area contributed by atoms with Crippen molar-refractivity contribution in [1.82, 2.24) is 15.5 Å². The summed E-state index contributed by atoms with van der Waals surface area (Å²) in [6.07, 6.45) is 0.843. The van der Waals surface area contributed by atoms with Gasteiger partial charge in [-0.25, -0.2) is 4.79 Å². The van der Waals surface area contributed by atoms with E-state index in [9.17, 15) is 14.4 Å². The minimum Gasteiger partial charge on any atom is -0.444 e. The van der Waals surface area contributed by atoms with Crippen LogP contribution in [0, 0.1) is 25.7 Å². The molecule has 0 spiro atoms. The van der Waals surface area contributed by atoms with Crippen LogP contribution in [0.15, 0.2) is 48.5 Å². The standard InChI is InChI=1S/C32H45N3O4/c1-9-20(2)27(34-31(38)39-32(6,7)8)30(37)35(25-18-23(25)5)28(26-21(3)14-13-15-22(26)4)29(36)33-19-24-16-11-10-12-17-24/h10-17,20,23,25,27-28H,9,18-19H2,1-8H3,(H,33,36)(H,34,38). The number of aryl methyl sites for hydroxylation is 2. The summed E-state index contributed by atoms with van der Waals surface area (Å²) in [5.41, 5.74) is 3.00. The number of amides is 3. The highest BCUT2D eigenvalue weighted by Crippen LogP contribution is 2.42. The Morgan fingerprint density at radius 2 is 1.62 bits per heavy atom. The van der Waals surface area contributed by atoms with Crippen LogP contribution < -0.4 is 10.6 Å². The van der Waals surface area contributed by atoms with Crippen LogP contribution in [0.1, 0.15) is 82.7 Å². The first-order valence-electron chi connectivity index (χ1n) is 14.0. The first-order chi connectivity index (χ1) is 18.3. The van der Waals surface area contributed by atoms with E-state index in [1.807, 2.05) is 76.2 Å². The molecule has 0 radical (unpaired) electrons.